The summed E-state index contributed by atoms with van der Waals surface area (Å²) in [6.45, 7) is 0.0379. The number of rotatable bonds is 4. The molecule has 1 atom stereocenters. The standard InChI is InChI=1S/C20H22N2O4/c1-26-17-8-6-16(7-9-17)22-19(24)18(23)21-13-20(25)11-10-14-4-2-3-5-15(14)12-20/h2-9,25H,10-13H2,1H3,(H,21,23)(H,22,24). The zero-order valence-corrected chi connectivity index (χ0v) is 14.6. The zero-order valence-electron chi connectivity index (χ0n) is 14.6. The maximum absolute atomic E-state index is 12.0. The highest BCUT2D eigenvalue weighted by molar-refractivity contribution is 6.39. The van der Waals surface area contributed by atoms with E-state index in [2.05, 4.69) is 16.7 Å². The fourth-order valence-electron chi connectivity index (χ4n) is 3.12. The van der Waals surface area contributed by atoms with Gasteiger partial charge in [0.1, 0.15) is 5.75 Å². The molecule has 1 aliphatic carbocycles. The highest BCUT2D eigenvalue weighted by Crippen LogP contribution is 2.28. The van der Waals surface area contributed by atoms with E-state index in [0.29, 0.717) is 24.3 Å². The third-order valence-electron chi connectivity index (χ3n) is 4.63. The van der Waals surface area contributed by atoms with E-state index in [1.165, 1.54) is 5.56 Å². The fourth-order valence-corrected chi connectivity index (χ4v) is 3.12. The molecular formula is C20H22N2O4. The Balaban J connectivity index is 1.54. The van der Waals surface area contributed by atoms with Gasteiger partial charge in [-0.3, -0.25) is 9.59 Å². The van der Waals surface area contributed by atoms with Gasteiger partial charge in [-0.1, -0.05) is 24.3 Å². The van der Waals surface area contributed by atoms with Crippen molar-refractivity contribution < 1.29 is 19.4 Å². The second kappa shape index (κ2) is 7.58. The third kappa shape index (κ3) is 4.21. The van der Waals surface area contributed by atoms with Gasteiger partial charge < -0.3 is 20.5 Å². The van der Waals surface area contributed by atoms with Crippen molar-refractivity contribution >= 4 is 17.5 Å². The van der Waals surface area contributed by atoms with Gasteiger partial charge >= 0.3 is 11.8 Å². The summed E-state index contributed by atoms with van der Waals surface area (Å²) >= 11 is 0. The van der Waals surface area contributed by atoms with Crippen LogP contribution >= 0.6 is 0 Å². The van der Waals surface area contributed by atoms with Crippen LogP contribution in [-0.2, 0) is 22.4 Å². The largest absolute Gasteiger partial charge is 0.497 e. The molecular weight excluding hydrogens is 332 g/mol. The minimum atomic E-state index is -1.04. The lowest BCUT2D eigenvalue weighted by atomic mass is 9.80. The average Bonchev–Trinajstić information content (AvgIpc) is 2.66. The first-order valence-electron chi connectivity index (χ1n) is 8.51. The molecule has 0 spiro atoms. The molecule has 2 amide bonds. The number of carbonyl (C=O) groups is 2. The molecule has 136 valence electrons. The van der Waals surface area contributed by atoms with E-state index in [1.807, 2.05) is 18.2 Å². The van der Waals surface area contributed by atoms with Gasteiger partial charge in [-0.05, 0) is 48.2 Å². The number of amides is 2. The zero-order chi connectivity index (χ0) is 18.6. The lowest BCUT2D eigenvalue weighted by Crippen LogP contribution is -2.49. The first-order valence-corrected chi connectivity index (χ1v) is 8.51. The predicted octanol–water partition coefficient (Wildman–Crippen LogP) is 1.67. The van der Waals surface area contributed by atoms with Crippen molar-refractivity contribution in [2.24, 2.45) is 0 Å². The molecule has 0 bridgehead atoms. The van der Waals surface area contributed by atoms with Gasteiger partial charge in [0, 0.05) is 18.7 Å². The van der Waals surface area contributed by atoms with Crippen molar-refractivity contribution in [2.75, 3.05) is 19.0 Å². The number of aliphatic hydroxyl groups is 1. The van der Waals surface area contributed by atoms with E-state index in [4.69, 9.17) is 4.74 Å². The van der Waals surface area contributed by atoms with Crippen molar-refractivity contribution in [1.29, 1.82) is 0 Å². The predicted molar refractivity (Wildman–Crippen MR) is 98.1 cm³/mol. The van der Waals surface area contributed by atoms with Crippen LogP contribution in [-0.4, -0.2) is 36.2 Å². The van der Waals surface area contributed by atoms with Crippen LogP contribution in [0.2, 0.25) is 0 Å². The molecule has 26 heavy (non-hydrogen) atoms. The van der Waals surface area contributed by atoms with Crippen molar-refractivity contribution in [3.05, 3.63) is 59.7 Å². The van der Waals surface area contributed by atoms with Crippen LogP contribution in [0.3, 0.4) is 0 Å². The number of methoxy groups -OCH3 is 1. The van der Waals surface area contributed by atoms with Gasteiger partial charge in [-0.2, -0.15) is 0 Å². The smallest absolute Gasteiger partial charge is 0.313 e. The molecule has 3 N–H and O–H groups in total. The molecule has 0 saturated carbocycles. The molecule has 6 heteroatoms. The number of aryl methyl sites for hydroxylation is 1. The summed E-state index contributed by atoms with van der Waals surface area (Å²) in [6, 6.07) is 14.6. The molecule has 1 aliphatic rings. The molecule has 0 aliphatic heterocycles. The minimum Gasteiger partial charge on any atom is -0.497 e. The van der Waals surface area contributed by atoms with E-state index in [9.17, 15) is 14.7 Å². The first kappa shape index (κ1) is 17.9. The first-order chi connectivity index (χ1) is 12.5. The molecule has 6 nitrogen and oxygen atoms in total. The van der Waals surface area contributed by atoms with Crippen LogP contribution in [0, 0.1) is 0 Å². The van der Waals surface area contributed by atoms with Crippen molar-refractivity contribution in [1.82, 2.24) is 5.32 Å². The quantitative estimate of drug-likeness (QED) is 0.729. The number of ether oxygens (including phenoxy) is 1. The van der Waals surface area contributed by atoms with Crippen molar-refractivity contribution in [3.8, 4) is 5.75 Å². The third-order valence-corrected chi connectivity index (χ3v) is 4.63. The number of fused-ring (bicyclic) bond motifs is 1. The number of hydrogen-bond acceptors (Lipinski definition) is 4. The highest BCUT2D eigenvalue weighted by Gasteiger charge is 2.32. The van der Waals surface area contributed by atoms with Crippen LogP contribution < -0.4 is 15.4 Å². The number of carbonyl (C=O) groups excluding carboxylic acids is 2. The van der Waals surface area contributed by atoms with Crippen molar-refractivity contribution in [3.63, 3.8) is 0 Å². The summed E-state index contributed by atoms with van der Waals surface area (Å²) in [6.07, 6.45) is 1.76. The molecule has 3 rings (SSSR count). The molecule has 2 aromatic rings. The van der Waals surface area contributed by atoms with Crippen LogP contribution in [0.5, 0.6) is 5.75 Å². The summed E-state index contributed by atoms with van der Waals surface area (Å²) in [5.74, 6) is -0.879. The van der Waals surface area contributed by atoms with Crippen LogP contribution in [0.25, 0.3) is 0 Å². The molecule has 0 radical (unpaired) electrons. The normalized spacial score (nSPS) is 18.5. The van der Waals surface area contributed by atoms with E-state index >= 15 is 0 Å². The Morgan fingerprint density at radius 2 is 1.77 bits per heavy atom. The van der Waals surface area contributed by atoms with Gasteiger partial charge in [-0.25, -0.2) is 0 Å². The molecule has 2 aromatic carbocycles. The molecule has 0 saturated heterocycles. The maximum Gasteiger partial charge on any atom is 0.313 e. The Kier molecular flexibility index (Phi) is 5.23. The second-order valence-corrected chi connectivity index (χ2v) is 6.54. The Hall–Kier alpha value is -2.86. The Bertz CT molecular complexity index is 804. The van der Waals surface area contributed by atoms with Gasteiger partial charge in [0.2, 0.25) is 0 Å². The average molecular weight is 354 g/mol. The van der Waals surface area contributed by atoms with E-state index in [-0.39, 0.29) is 6.54 Å². The van der Waals surface area contributed by atoms with E-state index < -0.39 is 17.4 Å². The Morgan fingerprint density at radius 1 is 1.08 bits per heavy atom. The van der Waals surface area contributed by atoms with E-state index in [0.717, 1.165) is 12.0 Å². The van der Waals surface area contributed by atoms with Gasteiger partial charge in [0.05, 0.1) is 12.7 Å². The number of anilines is 1. The van der Waals surface area contributed by atoms with E-state index in [1.54, 1.807) is 31.4 Å². The summed E-state index contributed by atoms with van der Waals surface area (Å²) in [7, 11) is 1.55. The van der Waals surface area contributed by atoms with Crippen LogP contribution in [0.1, 0.15) is 17.5 Å². The number of hydrogen-bond donors (Lipinski definition) is 3. The summed E-state index contributed by atoms with van der Waals surface area (Å²) in [5.41, 5.74) is 1.76. The number of nitrogens with one attached hydrogen (secondary N) is 2. The second-order valence-electron chi connectivity index (χ2n) is 6.54. The summed E-state index contributed by atoms with van der Waals surface area (Å²) in [5, 5.41) is 15.8. The Labute approximate surface area is 152 Å². The van der Waals surface area contributed by atoms with Crippen molar-refractivity contribution in [2.45, 2.75) is 24.9 Å². The fraction of sp³-hybridized carbons (Fsp3) is 0.300. The number of benzene rings is 2. The lowest BCUT2D eigenvalue weighted by Gasteiger charge is -2.33. The molecule has 0 heterocycles. The SMILES string of the molecule is COc1ccc(NC(=O)C(=O)NCC2(O)CCc3ccccc3C2)cc1. The maximum atomic E-state index is 12.0. The Morgan fingerprint density at radius 3 is 2.46 bits per heavy atom. The van der Waals surface area contributed by atoms with Gasteiger partial charge in [0.25, 0.3) is 0 Å². The highest BCUT2D eigenvalue weighted by atomic mass is 16.5. The van der Waals surface area contributed by atoms with Gasteiger partial charge in [-0.15, -0.1) is 0 Å². The van der Waals surface area contributed by atoms with Gasteiger partial charge in [0.15, 0.2) is 0 Å². The monoisotopic (exact) mass is 354 g/mol. The molecule has 0 aromatic heterocycles. The van der Waals surface area contributed by atoms with Crippen LogP contribution in [0.4, 0.5) is 5.69 Å². The summed E-state index contributed by atoms with van der Waals surface area (Å²) < 4.78 is 5.04. The topological polar surface area (TPSA) is 87.7 Å². The van der Waals surface area contributed by atoms with Crippen LogP contribution in [0.15, 0.2) is 48.5 Å². The minimum absolute atomic E-state index is 0.0379. The molecule has 1 unspecified atom stereocenters. The molecule has 0 fully saturated rings. The summed E-state index contributed by atoms with van der Waals surface area (Å²) in [4.78, 5) is 24.0. The lowest BCUT2D eigenvalue weighted by molar-refractivity contribution is -0.136.